The monoisotopic (exact) mass is 471 g/mol. The van der Waals surface area contributed by atoms with Crippen molar-refractivity contribution in [3.05, 3.63) is 83.8 Å². The Hall–Kier alpha value is -4.08. The molecule has 1 aliphatic heterocycles. The van der Waals surface area contributed by atoms with Crippen LogP contribution in [0.5, 0.6) is 0 Å². The zero-order valence-corrected chi connectivity index (χ0v) is 18.9. The first-order chi connectivity index (χ1) is 17.1. The number of aromatic nitrogens is 3. The minimum atomic E-state index is -0.250. The van der Waals surface area contributed by atoms with Crippen LogP contribution < -0.4 is 10.6 Å². The average Bonchev–Trinajstić information content (AvgIpc) is 3.34. The van der Waals surface area contributed by atoms with Gasteiger partial charge in [-0.2, -0.15) is 0 Å². The van der Waals surface area contributed by atoms with E-state index in [0.29, 0.717) is 45.8 Å². The fraction of sp³-hybridized carbons (Fsp3) is 0.231. The maximum atomic E-state index is 13.5. The minimum absolute atomic E-state index is 0.00489. The van der Waals surface area contributed by atoms with Crippen molar-refractivity contribution in [3.8, 4) is 0 Å². The lowest BCUT2D eigenvalue weighted by molar-refractivity contribution is -0.0224. The zero-order valence-electron chi connectivity index (χ0n) is 18.9. The molecule has 9 heteroatoms. The quantitative estimate of drug-likeness (QED) is 0.304. The summed E-state index contributed by atoms with van der Waals surface area (Å²) in [6.45, 7) is 0.444. The van der Waals surface area contributed by atoms with Gasteiger partial charge in [0, 0.05) is 23.0 Å². The number of aliphatic hydroxyl groups excluding tert-OH is 1. The van der Waals surface area contributed by atoms with Gasteiger partial charge in [-0.3, -0.25) is 9.59 Å². The lowest BCUT2D eigenvalue weighted by atomic mass is 10.0. The molecule has 1 amide bonds. The molecular weight excluding hydrogens is 446 g/mol. The topological polar surface area (TPSA) is 129 Å². The molecule has 9 nitrogen and oxygen atoms in total. The van der Waals surface area contributed by atoms with Crippen molar-refractivity contribution in [2.45, 2.75) is 25.0 Å². The second-order valence-electron chi connectivity index (χ2n) is 8.43. The summed E-state index contributed by atoms with van der Waals surface area (Å²) in [7, 11) is 0. The van der Waals surface area contributed by atoms with Gasteiger partial charge in [0.05, 0.1) is 36.3 Å². The summed E-state index contributed by atoms with van der Waals surface area (Å²) in [6, 6.07) is 15.7. The van der Waals surface area contributed by atoms with E-state index in [2.05, 4.69) is 25.6 Å². The first-order valence-corrected chi connectivity index (χ1v) is 11.4. The molecule has 2 aromatic carbocycles. The van der Waals surface area contributed by atoms with Crippen LogP contribution in [0.3, 0.4) is 0 Å². The van der Waals surface area contributed by atoms with Gasteiger partial charge in [0.15, 0.2) is 5.78 Å². The zero-order chi connectivity index (χ0) is 24.2. The summed E-state index contributed by atoms with van der Waals surface area (Å²) in [5, 5.41) is 16.1. The number of aliphatic hydroxyl groups is 1. The maximum Gasteiger partial charge on any atom is 0.255 e. The van der Waals surface area contributed by atoms with E-state index in [4.69, 9.17) is 4.74 Å². The molecule has 2 atom stereocenters. The van der Waals surface area contributed by atoms with Crippen molar-refractivity contribution in [2.75, 3.05) is 23.8 Å². The lowest BCUT2D eigenvalue weighted by Crippen LogP contribution is -2.36. The smallest absolute Gasteiger partial charge is 0.255 e. The first-order valence-electron chi connectivity index (χ1n) is 11.4. The van der Waals surface area contributed by atoms with Crippen LogP contribution in [0.4, 0.5) is 11.5 Å². The summed E-state index contributed by atoms with van der Waals surface area (Å²) in [6.07, 6.45) is 4.48. The summed E-state index contributed by atoms with van der Waals surface area (Å²) >= 11 is 0. The number of anilines is 2. The number of ether oxygens (including phenoxy) is 1. The van der Waals surface area contributed by atoms with E-state index in [0.717, 1.165) is 12.8 Å². The number of hydrogen-bond acceptors (Lipinski definition) is 7. The Morgan fingerprint density at radius 2 is 1.89 bits per heavy atom. The molecule has 5 rings (SSSR count). The molecule has 178 valence electrons. The molecule has 0 bridgehead atoms. The van der Waals surface area contributed by atoms with Crippen LogP contribution in [0.2, 0.25) is 0 Å². The molecule has 35 heavy (non-hydrogen) atoms. The van der Waals surface area contributed by atoms with Gasteiger partial charge in [0.2, 0.25) is 0 Å². The molecule has 1 saturated heterocycles. The predicted molar refractivity (Wildman–Crippen MR) is 132 cm³/mol. The molecule has 0 aliphatic carbocycles. The number of amides is 1. The third-order valence-electron chi connectivity index (χ3n) is 6.05. The number of nitrogens with zero attached hydrogens (tertiary/aromatic N) is 2. The van der Waals surface area contributed by atoms with Crippen LogP contribution in [0.1, 0.15) is 39.1 Å². The van der Waals surface area contributed by atoms with Crippen molar-refractivity contribution >= 4 is 34.2 Å². The number of H-pyrrole nitrogens is 1. The van der Waals surface area contributed by atoms with Crippen LogP contribution >= 0.6 is 0 Å². The number of nitrogens with one attached hydrogen (secondary N) is 3. The van der Waals surface area contributed by atoms with Crippen molar-refractivity contribution < 1.29 is 19.4 Å². The van der Waals surface area contributed by atoms with Gasteiger partial charge in [-0.25, -0.2) is 9.97 Å². The Labute approximate surface area is 201 Å². The molecule has 0 unspecified atom stereocenters. The molecule has 4 aromatic rings. The molecule has 0 radical (unpaired) electrons. The fourth-order valence-corrected chi connectivity index (χ4v) is 4.19. The number of hydrogen-bond donors (Lipinski definition) is 4. The third-order valence-corrected chi connectivity index (χ3v) is 6.05. The number of carbonyl (C=O) groups excluding carboxylic acids is 2. The molecule has 4 N–H and O–H groups in total. The molecular formula is C26H25N5O4. The van der Waals surface area contributed by atoms with Crippen molar-refractivity contribution in [1.29, 1.82) is 0 Å². The van der Waals surface area contributed by atoms with Gasteiger partial charge < -0.3 is 25.5 Å². The second kappa shape index (κ2) is 10.0. The van der Waals surface area contributed by atoms with Crippen LogP contribution in [0, 0.1) is 0 Å². The number of benzene rings is 2. The molecule has 2 aromatic heterocycles. The first kappa shape index (κ1) is 22.7. The molecule has 1 fully saturated rings. The third kappa shape index (κ3) is 4.91. The van der Waals surface area contributed by atoms with E-state index in [1.165, 1.54) is 6.33 Å². The van der Waals surface area contributed by atoms with Gasteiger partial charge in [-0.05, 0) is 37.1 Å². The van der Waals surface area contributed by atoms with E-state index in [1.807, 2.05) is 6.07 Å². The minimum Gasteiger partial charge on any atom is -0.394 e. The predicted octanol–water partition coefficient (Wildman–Crippen LogP) is 3.39. The van der Waals surface area contributed by atoms with Crippen LogP contribution in [0.25, 0.3) is 11.0 Å². The normalized spacial score (nSPS) is 17.7. The van der Waals surface area contributed by atoms with Gasteiger partial charge in [-0.1, -0.05) is 30.3 Å². The number of aromatic amines is 1. The summed E-state index contributed by atoms with van der Waals surface area (Å²) in [5.74, 6) is 0.0784. The Kier molecular flexibility index (Phi) is 6.51. The van der Waals surface area contributed by atoms with Crippen molar-refractivity contribution in [1.82, 2.24) is 15.0 Å². The Balaban J connectivity index is 1.38. The Morgan fingerprint density at radius 1 is 1.06 bits per heavy atom. The van der Waals surface area contributed by atoms with E-state index in [9.17, 15) is 14.7 Å². The lowest BCUT2D eigenvalue weighted by Gasteiger charge is -2.29. The molecule has 1 aliphatic rings. The van der Waals surface area contributed by atoms with Gasteiger partial charge in [0.1, 0.15) is 17.8 Å². The van der Waals surface area contributed by atoms with E-state index >= 15 is 0 Å². The Morgan fingerprint density at radius 3 is 2.66 bits per heavy atom. The number of ketones is 1. The Bertz CT molecular complexity index is 1350. The number of carbonyl (C=O) groups is 2. The van der Waals surface area contributed by atoms with E-state index < -0.39 is 0 Å². The summed E-state index contributed by atoms with van der Waals surface area (Å²) in [5.41, 5.74) is 2.46. The van der Waals surface area contributed by atoms with Crippen molar-refractivity contribution in [3.63, 3.8) is 0 Å². The second-order valence-corrected chi connectivity index (χ2v) is 8.43. The maximum absolute atomic E-state index is 13.5. The summed E-state index contributed by atoms with van der Waals surface area (Å²) < 4.78 is 5.66. The standard InChI is InChI=1S/C26H25N5O4/c32-13-20-10-9-19(14-35-20)30-25-22-21(12-27-24(22)28-15-29-25)23(33)17-7-4-8-18(11-17)31-26(34)16-5-2-1-3-6-16/h1-8,11-12,15,19-20,32H,9-10,13-14H2,(H,31,34)(H2,27,28,29,30)/t19-,20+/m1/s1. The highest BCUT2D eigenvalue weighted by Gasteiger charge is 2.24. The molecule has 0 spiro atoms. The highest BCUT2D eigenvalue weighted by Crippen LogP contribution is 2.28. The van der Waals surface area contributed by atoms with Crippen LogP contribution in [-0.4, -0.2) is 57.1 Å². The number of rotatable bonds is 7. The van der Waals surface area contributed by atoms with E-state index in [-0.39, 0.29) is 30.4 Å². The highest BCUT2D eigenvalue weighted by atomic mass is 16.5. The SMILES string of the molecule is O=C(Nc1cccc(C(=O)c2c[nH]c3ncnc(N[C@@H]4CC[C@@H](CO)OC4)c23)c1)c1ccccc1. The molecule has 3 heterocycles. The van der Waals surface area contributed by atoms with Gasteiger partial charge in [-0.15, -0.1) is 0 Å². The average molecular weight is 472 g/mol. The van der Waals surface area contributed by atoms with Crippen LogP contribution in [0.15, 0.2) is 67.1 Å². The number of fused-ring (bicyclic) bond motifs is 1. The summed E-state index contributed by atoms with van der Waals surface area (Å²) in [4.78, 5) is 37.7. The molecule has 0 saturated carbocycles. The van der Waals surface area contributed by atoms with Crippen LogP contribution in [-0.2, 0) is 4.74 Å². The van der Waals surface area contributed by atoms with E-state index in [1.54, 1.807) is 54.7 Å². The fourth-order valence-electron chi connectivity index (χ4n) is 4.19. The van der Waals surface area contributed by atoms with Gasteiger partial charge in [0.25, 0.3) is 5.91 Å². The van der Waals surface area contributed by atoms with Crippen molar-refractivity contribution in [2.24, 2.45) is 0 Å². The highest BCUT2D eigenvalue weighted by molar-refractivity contribution is 6.18. The van der Waals surface area contributed by atoms with Gasteiger partial charge >= 0.3 is 0 Å². The largest absolute Gasteiger partial charge is 0.394 e.